The Morgan fingerprint density at radius 2 is 1.89 bits per heavy atom. The maximum absolute atomic E-state index is 12.7. The molecule has 2 amide bonds. The SMILES string of the molecule is CC(C)(C)OC(=O)N(CCNC(=O)c1cccc[n+]1[O-])C1CCCCCC1. The highest BCUT2D eigenvalue weighted by Gasteiger charge is 2.29. The zero-order valence-electron chi connectivity index (χ0n) is 16.6. The minimum absolute atomic E-state index is 0.0378. The van der Waals surface area contributed by atoms with Gasteiger partial charge in [0.1, 0.15) is 5.60 Å². The zero-order chi connectivity index (χ0) is 19.9. The number of hydrogen-bond acceptors (Lipinski definition) is 4. The lowest BCUT2D eigenvalue weighted by molar-refractivity contribution is -0.607. The number of nitrogens with zero attached hydrogens (tertiary/aromatic N) is 2. The summed E-state index contributed by atoms with van der Waals surface area (Å²) in [6, 6.07) is 4.81. The van der Waals surface area contributed by atoms with Crippen LogP contribution in [0.25, 0.3) is 0 Å². The van der Waals surface area contributed by atoms with Crippen LogP contribution in [0.5, 0.6) is 0 Å². The summed E-state index contributed by atoms with van der Waals surface area (Å²) < 4.78 is 6.11. The number of carbonyl (C=O) groups is 2. The molecule has 0 radical (unpaired) electrons. The van der Waals surface area contributed by atoms with Gasteiger partial charge in [-0.1, -0.05) is 25.7 Å². The van der Waals surface area contributed by atoms with E-state index in [4.69, 9.17) is 4.74 Å². The Hall–Kier alpha value is -2.31. The van der Waals surface area contributed by atoms with Crippen molar-refractivity contribution in [1.82, 2.24) is 10.2 Å². The molecule has 0 aliphatic heterocycles. The van der Waals surface area contributed by atoms with Crippen molar-refractivity contribution in [1.29, 1.82) is 0 Å². The summed E-state index contributed by atoms with van der Waals surface area (Å²) in [7, 11) is 0. The van der Waals surface area contributed by atoms with E-state index in [1.807, 2.05) is 20.8 Å². The first-order valence-electron chi connectivity index (χ1n) is 9.74. The van der Waals surface area contributed by atoms with E-state index in [0.29, 0.717) is 11.3 Å². The number of rotatable bonds is 5. The second-order valence-corrected chi connectivity index (χ2v) is 7.99. The van der Waals surface area contributed by atoms with E-state index in [2.05, 4.69) is 5.32 Å². The van der Waals surface area contributed by atoms with Gasteiger partial charge in [0.05, 0.1) is 0 Å². The number of amides is 2. The van der Waals surface area contributed by atoms with Crippen molar-refractivity contribution in [2.75, 3.05) is 13.1 Å². The lowest BCUT2D eigenvalue weighted by atomic mass is 10.1. The molecule has 0 saturated heterocycles. The predicted octanol–water partition coefficient (Wildman–Crippen LogP) is 3.01. The molecule has 7 heteroatoms. The summed E-state index contributed by atoms with van der Waals surface area (Å²) in [6.07, 6.45) is 7.40. The van der Waals surface area contributed by atoms with E-state index in [1.165, 1.54) is 25.1 Å². The quantitative estimate of drug-likeness (QED) is 0.485. The topological polar surface area (TPSA) is 85.6 Å². The third kappa shape index (κ3) is 6.73. The third-order valence-electron chi connectivity index (χ3n) is 4.59. The van der Waals surface area contributed by atoms with Gasteiger partial charge in [-0.25, -0.2) is 4.79 Å². The van der Waals surface area contributed by atoms with Crippen LogP contribution in [0.3, 0.4) is 0 Å². The largest absolute Gasteiger partial charge is 0.618 e. The van der Waals surface area contributed by atoms with Crippen LogP contribution in [0.4, 0.5) is 4.79 Å². The molecule has 0 spiro atoms. The Morgan fingerprint density at radius 3 is 2.48 bits per heavy atom. The van der Waals surface area contributed by atoms with Crippen molar-refractivity contribution >= 4 is 12.0 Å². The molecule has 1 saturated carbocycles. The van der Waals surface area contributed by atoms with Crippen molar-refractivity contribution in [2.24, 2.45) is 0 Å². The molecule has 1 aliphatic rings. The van der Waals surface area contributed by atoms with Gasteiger partial charge in [0, 0.05) is 31.3 Å². The van der Waals surface area contributed by atoms with E-state index < -0.39 is 11.5 Å². The normalized spacial score (nSPS) is 15.7. The Morgan fingerprint density at radius 1 is 1.22 bits per heavy atom. The number of ether oxygens (including phenoxy) is 1. The summed E-state index contributed by atoms with van der Waals surface area (Å²) in [6.45, 7) is 6.17. The number of carbonyl (C=O) groups excluding carboxylic acids is 2. The fourth-order valence-corrected chi connectivity index (χ4v) is 3.30. The van der Waals surface area contributed by atoms with E-state index in [0.717, 1.165) is 25.7 Å². The van der Waals surface area contributed by atoms with Gasteiger partial charge >= 0.3 is 12.0 Å². The van der Waals surface area contributed by atoms with Crippen molar-refractivity contribution < 1.29 is 19.1 Å². The monoisotopic (exact) mass is 377 g/mol. The number of aromatic nitrogens is 1. The molecule has 1 aromatic heterocycles. The number of pyridine rings is 1. The molecule has 0 aromatic carbocycles. The molecular weight excluding hydrogens is 346 g/mol. The molecule has 7 nitrogen and oxygen atoms in total. The van der Waals surface area contributed by atoms with Gasteiger partial charge in [0.25, 0.3) is 5.69 Å². The van der Waals surface area contributed by atoms with Crippen molar-refractivity contribution in [3.63, 3.8) is 0 Å². The number of hydrogen-bond donors (Lipinski definition) is 1. The predicted molar refractivity (Wildman–Crippen MR) is 102 cm³/mol. The number of nitrogens with one attached hydrogen (secondary N) is 1. The fourth-order valence-electron chi connectivity index (χ4n) is 3.30. The standard InChI is InChI=1S/C20H31N3O4/c1-20(2,3)27-19(25)22(16-10-6-4-5-7-11-16)15-13-21-18(24)17-12-8-9-14-23(17)26/h8-9,12,14,16H,4-7,10-11,13,15H2,1-3H3,(H,21,24). The summed E-state index contributed by atoms with van der Waals surface area (Å²) in [5, 5.41) is 14.4. The summed E-state index contributed by atoms with van der Waals surface area (Å²) in [4.78, 5) is 26.7. The third-order valence-corrected chi connectivity index (χ3v) is 4.59. The molecule has 150 valence electrons. The van der Waals surface area contributed by atoms with Crippen molar-refractivity contribution in [3.8, 4) is 0 Å². The van der Waals surface area contributed by atoms with Gasteiger partial charge in [-0.3, -0.25) is 4.79 Å². The lowest BCUT2D eigenvalue weighted by Gasteiger charge is -2.33. The Bertz CT molecular complexity index is 634. The molecule has 1 aromatic rings. The zero-order valence-corrected chi connectivity index (χ0v) is 16.6. The maximum Gasteiger partial charge on any atom is 0.410 e. The molecular formula is C20H31N3O4. The van der Waals surface area contributed by atoms with Gasteiger partial charge in [-0.05, 0) is 39.7 Å². The van der Waals surface area contributed by atoms with Crippen LogP contribution in [-0.4, -0.2) is 41.6 Å². The van der Waals surface area contributed by atoms with Crippen LogP contribution in [0, 0.1) is 5.21 Å². The van der Waals surface area contributed by atoms with Crippen LogP contribution < -0.4 is 10.0 Å². The molecule has 0 unspecified atom stereocenters. The van der Waals surface area contributed by atoms with Crippen LogP contribution in [0.2, 0.25) is 0 Å². The van der Waals surface area contributed by atoms with Gasteiger partial charge in [-0.2, -0.15) is 4.73 Å². The second kappa shape index (κ2) is 9.58. The minimum Gasteiger partial charge on any atom is -0.618 e. The summed E-state index contributed by atoms with van der Waals surface area (Å²) in [5.41, 5.74) is -0.530. The van der Waals surface area contributed by atoms with Gasteiger partial charge in [-0.15, -0.1) is 0 Å². The van der Waals surface area contributed by atoms with Crippen LogP contribution in [-0.2, 0) is 4.74 Å². The highest BCUT2D eigenvalue weighted by atomic mass is 16.6. The Labute approximate surface area is 161 Å². The van der Waals surface area contributed by atoms with Crippen LogP contribution >= 0.6 is 0 Å². The first kappa shape index (κ1) is 21.0. The fraction of sp³-hybridized carbons (Fsp3) is 0.650. The molecule has 27 heavy (non-hydrogen) atoms. The highest BCUT2D eigenvalue weighted by molar-refractivity contribution is 5.90. The average Bonchev–Trinajstić information content (AvgIpc) is 2.86. The Kier molecular flexibility index (Phi) is 7.45. The molecule has 2 rings (SSSR count). The smallest absolute Gasteiger partial charge is 0.410 e. The van der Waals surface area contributed by atoms with Crippen molar-refractivity contribution in [3.05, 3.63) is 35.3 Å². The average molecular weight is 377 g/mol. The van der Waals surface area contributed by atoms with Gasteiger partial charge in [0.15, 0.2) is 6.20 Å². The van der Waals surface area contributed by atoms with Crippen molar-refractivity contribution in [2.45, 2.75) is 70.9 Å². The minimum atomic E-state index is -0.568. The highest BCUT2D eigenvalue weighted by Crippen LogP contribution is 2.23. The van der Waals surface area contributed by atoms with Crippen LogP contribution in [0.1, 0.15) is 69.8 Å². The molecule has 1 aliphatic carbocycles. The molecule has 0 bridgehead atoms. The molecule has 0 atom stereocenters. The molecule has 1 heterocycles. The van der Waals surface area contributed by atoms with E-state index in [-0.39, 0.29) is 24.4 Å². The maximum atomic E-state index is 12.7. The second-order valence-electron chi connectivity index (χ2n) is 7.99. The van der Waals surface area contributed by atoms with Gasteiger partial charge in [0.2, 0.25) is 0 Å². The summed E-state index contributed by atoms with van der Waals surface area (Å²) >= 11 is 0. The first-order chi connectivity index (χ1) is 12.8. The van der Waals surface area contributed by atoms with E-state index in [9.17, 15) is 14.8 Å². The van der Waals surface area contributed by atoms with E-state index >= 15 is 0 Å². The first-order valence-corrected chi connectivity index (χ1v) is 9.74. The Balaban J connectivity index is 1.99. The molecule has 1 fully saturated rings. The summed E-state index contributed by atoms with van der Waals surface area (Å²) in [5.74, 6) is -0.449. The van der Waals surface area contributed by atoms with E-state index in [1.54, 1.807) is 17.0 Å². The molecule has 1 N–H and O–H groups in total. The van der Waals surface area contributed by atoms with Gasteiger partial charge < -0.3 is 20.2 Å². The van der Waals surface area contributed by atoms with Crippen LogP contribution in [0.15, 0.2) is 24.4 Å². The lowest BCUT2D eigenvalue weighted by Crippen LogP contribution is -2.47.